The van der Waals surface area contributed by atoms with Crippen molar-refractivity contribution in [1.29, 1.82) is 0 Å². The maximum Gasteiger partial charge on any atom is 0.335 e. The van der Waals surface area contributed by atoms with Crippen LogP contribution in [0.4, 0.5) is 0 Å². The van der Waals surface area contributed by atoms with Crippen molar-refractivity contribution >= 4 is 27.5 Å². The number of esters is 1. The molecule has 33 heavy (non-hydrogen) atoms. The van der Waals surface area contributed by atoms with Crippen molar-refractivity contribution in [3.05, 3.63) is 106 Å². The first kappa shape index (κ1) is 24.7. The Morgan fingerprint density at radius 1 is 0.879 bits per heavy atom. The minimum Gasteiger partial charge on any atom is -0.490 e. The van der Waals surface area contributed by atoms with Crippen molar-refractivity contribution in [1.82, 2.24) is 0 Å². The Bertz CT molecular complexity index is 1030. The van der Waals surface area contributed by atoms with Crippen LogP contribution >= 0.6 is 15.9 Å². The molecule has 3 aromatic rings. The number of ether oxygens (including phenoxy) is 3. The van der Waals surface area contributed by atoms with E-state index < -0.39 is 6.10 Å². The summed E-state index contributed by atoms with van der Waals surface area (Å²) < 4.78 is 17.7. The van der Waals surface area contributed by atoms with E-state index in [0.717, 1.165) is 32.5 Å². The highest BCUT2D eigenvalue weighted by Gasteiger charge is 2.20. The molecule has 0 saturated carbocycles. The van der Waals surface area contributed by atoms with E-state index in [0.29, 0.717) is 26.2 Å². The van der Waals surface area contributed by atoms with E-state index in [9.17, 15) is 4.79 Å². The van der Waals surface area contributed by atoms with Crippen LogP contribution in [0, 0.1) is 0 Å². The van der Waals surface area contributed by atoms with Crippen LogP contribution in [0.5, 0.6) is 5.75 Å². The van der Waals surface area contributed by atoms with Gasteiger partial charge in [0.25, 0.3) is 0 Å². The van der Waals surface area contributed by atoms with Crippen LogP contribution in [0.1, 0.15) is 30.5 Å². The van der Waals surface area contributed by atoms with Crippen LogP contribution in [0.25, 0.3) is 5.57 Å². The fourth-order valence-corrected chi connectivity index (χ4v) is 3.72. The number of hydrogen-bond donors (Lipinski definition) is 0. The number of carbonyl (C=O) groups is 1. The molecule has 0 unspecified atom stereocenters. The molecular weight excluding hydrogens is 480 g/mol. The third-order valence-corrected chi connectivity index (χ3v) is 5.57. The number of halogens is 1. The van der Waals surface area contributed by atoms with Gasteiger partial charge in [0.05, 0.1) is 6.61 Å². The molecule has 3 aromatic carbocycles. The molecule has 5 heteroatoms. The van der Waals surface area contributed by atoms with E-state index in [2.05, 4.69) is 46.3 Å². The first-order chi connectivity index (χ1) is 16.1. The molecule has 0 amide bonds. The Balaban J connectivity index is 1.67. The van der Waals surface area contributed by atoms with E-state index in [1.807, 2.05) is 61.5 Å². The third-order valence-electron chi connectivity index (χ3n) is 5.04. The zero-order valence-electron chi connectivity index (χ0n) is 19.0. The van der Waals surface area contributed by atoms with Crippen LogP contribution in [0.15, 0.2) is 89.4 Å². The van der Waals surface area contributed by atoms with Crippen molar-refractivity contribution in [3.63, 3.8) is 0 Å². The second kappa shape index (κ2) is 13.0. The van der Waals surface area contributed by atoms with Gasteiger partial charge in [0.1, 0.15) is 12.4 Å². The van der Waals surface area contributed by atoms with Gasteiger partial charge in [-0.2, -0.15) is 0 Å². The maximum absolute atomic E-state index is 12.1. The van der Waals surface area contributed by atoms with Gasteiger partial charge >= 0.3 is 5.97 Å². The van der Waals surface area contributed by atoms with Crippen LogP contribution in [0.3, 0.4) is 0 Å². The average molecular weight is 509 g/mol. The number of carbonyl (C=O) groups excluding carboxylic acids is 1. The number of benzene rings is 3. The first-order valence-corrected chi connectivity index (χ1v) is 11.9. The van der Waals surface area contributed by atoms with E-state index >= 15 is 0 Å². The Morgan fingerprint density at radius 3 is 2.18 bits per heavy atom. The standard InChI is InChI=1S/C28H29BrO4/c1-3-31-27(28(30)32-4-2)20-21-10-16-25(17-11-21)33-19-18-26(22-8-6-5-7-9-22)23-12-14-24(29)15-13-23/h5-18,27H,3-4,19-20H2,1-2H3/b26-18+/t27-/m0/s1. The van der Waals surface area contributed by atoms with Crippen molar-refractivity contribution in [2.45, 2.75) is 26.4 Å². The predicted octanol–water partition coefficient (Wildman–Crippen LogP) is 6.47. The topological polar surface area (TPSA) is 44.8 Å². The number of rotatable bonds is 11. The fourth-order valence-electron chi connectivity index (χ4n) is 3.45. The van der Waals surface area contributed by atoms with E-state index in [-0.39, 0.29) is 5.97 Å². The Hall–Kier alpha value is -2.89. The van der Waals surface area contributed by atoms with Crippen LogP contribution < -0.4 is 4.74 Å². The van der Waals surface area contributed by atoms with Crippen molar-refractivity contribution in [2.24, 2.45) is 0 Å². The summed E-state index contributed by atoms with van der Waals surface area (Å²) in [6, 6.07) is 26.3. The molecule has 0 spiro atoms. The molecule has 1 atom stereocenters. The molecular formula is C28H29BrO4. The van der Waals surface area contributed by atoms with Gasteiger partial charge in [0, 0.05) is 17.5 Å². The summed E-state index contributed by atoms with van der Waals surface area (Å²) in [5.74, 6) is 0.438. The Kier molecular flexibility index (Phi) is 9.73. The zero-order valence-corrected chi connectivity index (χ0v) is 20.6. The summed E-state index contributed by atoms with van der Waals surface area (Å²) in [5.41, 5.74) is 4.38. The van der Waals surface area contributed by atoms with Crippen LogP contribution in [-0.2, 0) is 20.7 Å². The van der Waals surface area contributed by atoms with E-state index in [1.54, 1.807) is 6.92 Å². The lowest BCUT2D eigenvalue weighted by Gasteiger charge is -2.15. The second-order valence-corrected chi connectivity index (χ2v) is 8.26. The lowest BCUT2D eigenvalue weighted by atomic mass is 9.98. The summed E-state index contributed by atoms with van der Waals surface area (Å²) in [5, 5.41) is 0. The minimum atomic E-state index is -0.594. The second-order valence-electron chi connectivity index (χ2n) is 7.35. The molecule has 0 heterocycles. The smallest absolute Gasteiger partial charge is 0.335 e. The summed E-state index contributed by atoms with van der Waals surface area (Å²) in [4.78, 5) is 12.1. The summed E-state index contributed by atoms with van der Waals surface area (Å²) in [7, 11) is 0. The summed E-state index contributed by atoms with van der Waals surface area (Å²) in [6.07, 6.45) is 1.97. The van der Waals surface area contributed by atoms with Crippen LogP contribution in [0.2, 0.25) is 0 Å². The molecule has 4 nitrogen and oxygen atoms in total. The molecule has 0 aliphatic heterocycles. The first-order valence-electron chi connectivity index (χ1n) is 11.1. The molecule has 0 saturated heterocycles. The normalized spacial score (nSPS) is 12.3. The average Bonchev–Trinajstić information content (AvgIpc) is 2.84. The zero-order chi connectivity index (χ0) is 23.5. The van der Waals surface area contributed by atoms with Gasteiger partial charge in [0.15, 0.2) is 6.10 Å². The quantitative estimate of drug-likeness (QED) is 0.278. The molecule has 0 radical (unpaired) electrons. The molecule has 0 N–H and O–H groups in total. The SMILES string of the molecule is CCOC(=O)[C@H](Cc1ccc(OC/C=C(\c2ccccc2)c2ccc(Br)cc2)cc1)OCC. The molecule has 0 aliphatic carbocycles. The minimum absolute atomic E-state index is 0.328. The Labute approximate surface area is 204 Å². The van der Waals surface area contributed by atoms with Crippen LogP contribution in [-0.4, -0.2) is 31.9 Å². The number of hydrogen-bond acceptors (Lipinski definition) is 4. The van der Waals surface area contributed by atoms with Gasteiger partial charge < -0.3 is 14.2 Å². The Morgan fingerprint density at radius 2 is 1.55 bits per heavy atom. The van der Waals surface area contributed by atoms with Gasteiger partial charge in [-0.05, 0) is 66.5 Å². The highest BCUT2D eigenvalue weighted by molar-refractivity contribution is 9.10. The highest BCUT2D eigenvalue weighted by atomic mass is 79.9. The maximum atomic E-state index is 12.1. The molecule has 172 valence electrons. The fraction of sp³-hybridized carbons (Fsp3) is 0.250. The lowest BCUT2D eigenvalue weighted by Crippen LogP contribution is -2.28. The molecule has 0 aromatic heterocycles. The molecule has 0 bridgehead atoms. The summed E-state index contributed by atoms with van der Waals surface area (Å²) >= 11 is 3.50. The van der Waals surface area contributed by atoms with Gasteiger partial charge in [0.2, 0.25) is 0 Å². The lowest BCUT2D eigenvalue weighted by molar-refractivity contribution is -0.156. The van der Waals surface area contributed by atoms with Crippen molar-refractivity contribution in [2.75, 3.05) is 19.8 Å². The highest BCUT2D eigenvalue weighted by Crippen LogP contribution is 2.25. The summed E-state index contributed by atoms with van der Waals surface area (Å²) in [6.45, 7) is 4.90. The van der Waals surface area contributed by atoms with E-state index in [4.69, 9.17) is 14.2 Å². The van der Waals surface area contributed by atoms with Crippen molar-refractivity contribution in [3.8, 4) is 5.75 Å². The molecule has 3 rings (SSSR count). The predicted molar refractivity (Wildman–Crippen MR) is 135 cm³/mol. The molecule has 0 aliphatic rings. The largest absolute Gasteiger partial charge is 0.490 e. The van der Waals surface area contributed by atoms with E-state index in [1.165, 1.54) is 0 Å². The van der Waals surface area contributed by atoms with Gasteiger partial charge in [-0.3, -0.25) is 0 Å². The third kappa shape index (κ3) is 7.58. The van der Waals surface area contributed by atoms with Gasteiger partial charge in [-0.15, -0.1) is 0 Å². The monoisotopic (exact) mass is 508 g/mol. The van der Waals surface area contributed by atoms with Gasteiger partial charge in [-0.25, -0.2) is 4.79 Å². The van der Waals surface area contributed by atoms with Crippen molar-refractivity contribution < 1.29 is 19.0 Å². The van der Waals surface area contributed by atoms with Gasteiger partial charge in [-0.1, -0.05) is 70.5 Å². The molecule has 0 fully saturated rings.